The molecule has 98 valence electrons. The first-order valence-corrected chi connectivity index (χ1v) is 6.79. The zero-order valence-electron chi connectivity index (χ0n) is 10.4. The third kappa shape index (κ3) is 2.40. The number of rotatable bonds is 3. The van der Waals surface area contributed by atoms with Gasteiger partial charge in [0.05, 0.1) is 0 Å². The maximum absolute atomic E-state index is 10.8. The van der Waals surface area contributed by atoms with E-state index in [-0.39, 0.29) is 0 Å². The molecule has 0 amide bonds. The number of imidazole rings is 1. The summed E-state index contributed by atoms with van der Waals surface area (Å²) in [5, 5.41) is 0. The van der Waals surface area contributed by atoms with Gasteiger partial charge in [0.15, 0.2) is 12.1 Å². The second-order valence-electron chi connectivity index (χ2n) is 4.22. The minimum atomic E-state index is 0.304. The number of pyridine rings is 1. The molecule has 0 aliphatic rings. The summed E-state index contributed by atoms with van der Waals surface area (Å²) < 4.78 is 0.697. The molecule has 0 atom stereocenters. The average molecular weight is 328 g/mol. The molecule has 20 heavy (non-hydrogen) atoms. The lowest BCUT2D eigenvalue weighted by molar-refractivity contribution is 0.111. The van der Waals surface area contributed by atoms with Crippen molar-refractivity contribution in [3.63, 3.8) is 0 Å². The van der Waals surface area contributed by atoms with Crippen molar-refractivity contribution in [3.05, 3.63) is 59.2 Å². The molecule has 1 N–H and O–H groups in total. The Labute approximate surface area is 124 Å². The van der Waals surface area contributed by atoms with Gasteiger partial charge in [-0.25, -0.2) is 4.98 Å². The van der Waals surface area contributed by atoms with E-state index in [0.717, 1.165) is 22.4 Å². The van der Waals surface area contributed by atoms with E-state index in [0.29, 0.717) is 16.7 Å². The SMILES string of the molecule is O=Cc1nc(-c2cccc(-c3cccnc3)c2)c(Br)[nH]1. The van der Waals surface area contributed by atoms with Crippen LogP contribution in [0.4, 0.5) is 0 Å². The number of carbonyl (C=O) groups excluding carboxylic acids is 1. The summed E-state index contributed by atoms with van der Waals surface area (Å²) in [6.07, 6.45) is 4.25. The van der Waals surface area contributed by atoms with E-state index in [4.69, 9.17) is 0 Å². The zero-order valence-corrected chi connectivity index (χ0v) is 12.0. The zero-order chi connectivity index (χ0) is 13.9. The van der Waals surface area contributed by atoms with Gasteiger partial charge in [0.25, 0.3) is 0 Å². The van der Waals surface area contributed by atoms with E-state index in [1.807, 2.05) is 42.6 Å². The molecule has 0 radical (unpaired) electrons. The lowest BCUT2D eigenvalue weighted by Gasteiger charge is -2.03. The van der Waals surface area contributed by atoms with Crippen molar-refractivity contribution in [2.75, 3.05) is 0 Å². The maximum atomic E-state index is 10.8. The van der Waals surface area contributed by atoms with Crippen LogP contribution in [0.25, 0.3) is 22.4 Å². The Morgan fingerprint density at radius 1 is 1.10 bits per heavy atom. The number of H-pyrrole nitrogens is 1. The Hall–Kier alpha value is -2.27. The van der Waals surface area contributed by atoms with Gasteiger partial charge in [0, 0.05) is 23.5 Å². The van der Waals surface area contributed by atoms with Gasteiger partial charge in [-0.2, -0.15) is 0 Å². The van der Waals surface area contributed by atoms with Crippen molar-refractivity contribution in [1.82, 2.24) is 15.0 Å². The van der Waals surface area contributed by atoms with Gasteiger partial charge in [-0.1, -0.05) is 24.3 Å². The molecule has 0 spiro atoms. The molecule has 3 aromatic rings. The number of carbonyl (C=O) groups is 1. The van der Waals surface area contributed by atoms with Crippen LogP contribution in [0.15, 0.2) is 53.4 Å². The average Bonchev–Trinajstić information content (AvgIpc) is 2.89. The van der Waals surface area contributed by atoms with Crippen molar-refractivity contribution >= 4 is 22.2 Å². The van der Waals surface area contributed by atoms with E-state index in [2.05, 4.69) is 30.9 Å². The van der Waals surface area contributed by atoms with Crippen LogP contribution >= 0.6 is 15.9 Å². The standard InChI is InChI=1S/C15H10BrN3O/c16-15-14(18-13(9-20)19-15)11-4-1-3-10(7-11)12-5-2-6-17-8-12/h1-9H,(H,18,19). The monoisotopic (exact) mass is 327 g/mol. The molecule has 2 aromatic heterocycles. The van der Waals surface area contributed by atoms with Gasteiger partial charge in [-0.15, -0.1) is 0 Å². The highest BCUT2D eigenvalue weighted by Gasteiger charge is 2.10. The quantitative estimate of drug-likeness (QED) is 0.746. The van der Waals surface area contributed by atoms with Crippen LogP contribution in [0.2, 0.25) is 0 Å². The van der Waals surface area contributed by atoms with Crippen LogP contribution in [-0.2, 0) is 0 Å². The second-order valence-corrected chi connectivity index (χ2v) is 5.02. The Morgan fingerprint density at radius 2 is 1.90 bits per heavy atom. The Morgan fingerprint density at radius 3 is 2.60 bits per heavy atom. The van der Waals surface area contributed by atoms with E-state index < -0.39 is 0 Å². The highest BCUT2D eigenvalue weighted by molar-refractivity contribution is 9.10. The molecular weight excluding hydrogens is 318 g/mol. The van der Waals surface area contributed by atoms with E-state index in [1.54, 1.807) is 6.20 Å². The summed E-state index contributed by atoms with van der Waals surface area (Å²) in [6, 6.07) is 11.8. The summed E-state index contributed by atoms with van der Waals surface area (Å²) in [5.41, 5.74) is 3.75. The molecule has 3 rings (SSSR count). The van der Waals surface area contributed by atoms with E-state index in [1.165, 1.54) is 0 Å². The summed E-state index contributed by atoms with van der Waals surface area (Å²) in [4.78, 5) is 22.0. The number of nitrogens with one attached hydrogen (secondary N) is 1. The minimum Gasteiger partial charge on any atom is -0.330 e. The van der Waals surface area contributed by atoms with Crippen LogP contribution in [0.1, 0.15) is 10.6 Å². The fourth-order valence-corrected chi connectivity index (χ4v) is 2.52. The van der Waals surface area contributed by atoms with Gasteiger partial charge < -0.3 is 4.98 Å². The number of halogens is 1. The summed E-state index contributed by atoms with van der Waals surface area (Å²) in [5.74, 6) is 0.304. The summed E-state index contributed by atoms with van der Waals surface area (Å²) in [7, 11) is 0. The van der Waals surface area contributed by atoms with Gasteiger partial charge in [0.1, 0.15) is 10.3 Å². The van der Waals surface area contributed by atoms with Crippen LogP contribution in [0.5, 0.6) is 0 Å². The minimum absolute atomic E-state index is 0.304. The van der Waals surface area contributed by atoms with Gasteiger partial charge in [0.2, 0.25) is 0 Å². The second kappa shape index (κ2) is 5.38. The number of aromatic nitrogens is 3. The third-order valence-electron chi connectivity index (χ3n) is 2.92. The highest BCUT2D eigenvalue weighted by Crippen LogP contribution is 2.29. The first kappa shape index (κ1) is 12.7. The van der Waals surface area contributed by atoms with Crippen molar-refractivity contribution in [2.24, 2.45) is 0 Å². The number of aldehydes is 1. The molecule has 0 saturated carbocycles. The first-order chi connectivity index (χ1) is 9.78. The molecule has 0 aliphatic heterocycles. The van der Waals surface area contributed by atoms with Crippen LogP contribution in [0, 0.1) is 0 Å². The Kier molecular flexibility index (Phi) is 3.43. The summed E-state index contributed by atoms with van der Waals surface area (Å²) in [6.45, 7) is 0. The molecule has 0 unspecified atom stereocenters. The van der Waals surface area contributed by atoms with Crippen LogP contribution < -0.4 is 0 Å². The molecule has 1 aromatic carbocycles. The molecule has 0 bridgehead atoms. The van der Waals surface area contributed by atoms with Gasteiger partial charge in [-0.05, 0) is 33.6 Å². The molecule has 2 heterocycles. The molecule has 5 heteroatoms. The van der Waals surface area contributed by atoms with Crippen molar-refractivity contribution in [1.29, 1.82) is 0 Å². The van der Waals surface area contributed by atoms with Crippen molar-refractivity contribution in [3.8, 4) is 22.4 Å². The number of hydrogen-bond donors (Lipinski definition) is 1. The number of aromatic amines is 1. The summed E-state index contributed by atoms with van der Waals surface area (Å²) >= 11 is 3.39. The van der Waals surface area contributed by atoms with Gasteiger partial charge >= 0.3 is 0 Å². The smallest absolute Gasteiger partial charge is 0.185 e. The molecule has 0 fully saturated rings. The predicted octanol–water partition coefficient (Wildman–Crippen LogP) is 3.71. The fraction of sp³-hybridized carbons (Fsp3) is 0. The molecule has 0 aliphatic carbocycles. The highest BCUT2D eigenvalue weighted by atomic mass is 79.9. The van der Waals surface area contributed by atoms with Crippen molar-refractivity contribution in [2.45, 2.75) is 0 Å². The first-order valence-electron chi connectivity index (χ1n) is 5.99. The Balaban J connectivity index is 2.07. The Bertz CT molecular complexity index is 753. The van der Waals surface area contributed by atoms with Crippen molar-refractivity contribution < 1.29 is 4.79 Å². The van der Waals surface area contributed by atoms with E-state index >= 15 is 0 Å². The molecule has 4 nitrogen and oxygen atoms in total. The lowest BCUT2D eigenvalue weighted by Crippen LogP contribution is -1.84. The lowest BCUT2D eigenvalue weighted by atomic mass is 10.0. The number of nitrogens with zero attached hydrogens (tertiary/aromatic N) is 2. The van der Waals surface area contributed by atoms with E-state index in [9.17, 15) is 4.79 Å². The molecule has 0 saturated heterocycles. The normalized spacial score (nSPS) is 10.4. The number of hydrogen-bond acceptors (Lipinski definition) is 3. The maximum Gasteiger partial charge on any atom is 0.185 e. The predicted molar refractivity (Wildman–Crippen MR) is 80.3 cm³/mol. The number of benzene rings is 1. The fourth-order valence-electron chi connectivity index (χ4n) is 2.00. The van der Waals surface area contributed by atoms with Crippen LogP contribution in [0.3, 0.4) is 0 Å². The third-order valence-corrected chi connectivity index (χ3v) is 3.49. The largest absolute Gasteiger partial charge is 0.330 e. The topological polar surface area (TPSA) is 58.6 Å². The van der Waals surface area contributed by atoms with Gasteiger partial charge in [-0.3, -0.25) is 9.78 Å². The molecular formula is C15H10BrN3O. The van der Waals surface area contributed by atoms with Crippen LogP contribution in [-0.4, -0.2) is 21.2 Å².